The molecule has 1 unspecified atom stereocenters. The van der Waals surface area contributed by atoms with Gasteiger partial charge in [-0.1, -0.05) is 20.8 Å². The van der Waals surface area contributed by atoms with E-state index in [9.17, 15) is 4.79 Å². The topological polar surface area (TPSA) is 58.4 Å². The van der Waals surface area contributed by atoms with Crippen molar-refractivity contribution >= 4 is 5.91 Å². The molecule has 0 aliphatic carbocycles. The number of hydrazine groups is 1. The molecule has 0 aromatic rings. The fourth-order valence-electron chi connectivity index (χ4n) is 1.80. The van der Waals surface area contributed by atoms with Gasteiger partial charge in [0.05, 0.1) is 6.04 Å². The smallest absolute Gasteiger partial charge is 0.251 e. The van der Waals surface area contributed by atoms with Gasteiger partial charge in [0, 0.05) is 6.04 Å². The van der Waals surface area contributed by atoms with Crippen LogP contribution < -0.4 is 11.3 Å². The van der Waals surface area contributed by atoms with Crippen molar-refractivity contribution in [3.63, 3.8) is 0 Å². The Bertz CT molecular complexity index is 180. The number of carbonyl (C=O) groups is 1. The van der Waals surface area contributed by atoms with Gasteiger partial charge in [-0.25, -0.2) is 5.84 Å². The maximum Gasteiger partial charge on any atom is 0.251 e. The normalized spacial score (nSPS) is 13.8. The number of hydrogen-bond acceptors (Lipinski definition) is 3. The molecule has 0 heterocycles. The molecule has 1 amide bonds. The van der Waals surface area contributed by atoms with E-state index in [1.54, 1.807) is 0 Å². The number of nitrogens with zero attached hydrogens (tertiary/aromatic N) is 1. The predicted octanol–water partition coefficient (Wildman–Crippen LogP) is 0.731. The molecule has 0 spiro atoms. The van der Waals surface area contributed by atoms with Crippen LogP contribution in [0.4, 0.5) is 0 Å². The molecular weight excluding hydrogens is 178 g/mol. The van der Waals surface area contributed by atoms with Crippen LogP contribution in [0.2, 0.25) is 0 Å². The van der Waals surface area contributed by atoms with Crippen LogP contribution in [0.15, 0.2) is 0 Å². The molecule has 0 aliphatic heterocycles. The van der Waals surface area contributed by atoms with Gasteiger partial charge in [0.1, 0.15) is 0 Å². The molecule has 1 atom stereocenters. The number of likely N-dealkylation sites (N-methyl/N-ethyl adjacent to an activating group) is 1. The highest BCUT2D eigenvalue weighted by molar-refractivity contribution is 5.81. The first-order valence-corrected chi connectivity index (χ1v) is 5.21. The Morgan fingerprint density at radius 2 is 1.86 bits per heavy atom. The van der Waals surface area contributed by atoms with Gasteiger partial charge in [-0.2, -0.15) is 0 Å². The lowest BCUT2D eigenvalue weighted by Gasteiger charge is -2.34. The van der Waals surface area contributed by atoms with Gasteiger partial charge in [-0.3, -0.25) is 15.1 Å². The summed E-state index contributed by atoms with van der Waals surface area (Å²) in [5, 5.41) is 0. The van der Waals surface area contributed by atoms with Gasteiger partial charge >= 0.3 is 0 Å². The van der Waals surface area contributed by atoms with E-state index in [2.05, 4.69) is 31.1 Å². The number of carbonyl (C=O) groups excluding carboxylic acids is 1. The third-order valence-electron chi connectivity index (χ3n) is 2.43. The molecule has 0 radical (unpaired) electrons. The summed E-state index contributed by atoms with van der Waals surface area (Å²) in [5.74, 6) is 5.34. The average molecular weight is 201 g/mol. The molecule has 3 N–H and O–H groups in total. The van der Waals surface area contributed by atoms with Crippen molar-refractivity contribution in [2.24, 2.45) is 11.8 Å². The highest BCUT2D eigenvalue weighted by atomic mass is 16.2. The molecular formula is C10H23N3O. The maximum absolute atomic E-state index is 11.6. The molecule has 4 nitrogen and oxygen atoms in total. The summed E-state index contributed by atoms with van der Waals surface area (Å²) >= 11 is 0. The van der Waals surface area contributed by atoms with Crippen LogP contribution in [0.3, 0.4) is 0 Å². The van der Waals surface area contributed by atoms with Crippen LogP contribution in [0.5, 0.6) is 0 Å². The Kier molecular flexibility index (Phi) is 5.72. The monoisotopic (exact) mass is 201 g/mol. The highest BCUT2D eigenvalue weighted by Gasteiger charge is 2.28. The fraction of sp³-hybridized carbons (Fsp3) is 0.900. The molecule has 0 bridgehead atoms. The number of amides is 1. The Hall–Kier alpha value is -0.610. The van der Waals surface area contributed by atoms with Gasteiger partial charge in [0.2, 0.25) is 0 Å². The van der Waals surface area contributed by atoms with Crippen molar-refractivity contribution in [1.29, 1.82) is 0 Å². The number of hydrogen-bond donors (Lipinski definition) is 2. The first kappa shape index (κ1) is 13.4. The van der Waals surface area contributed by atoms with Gasteiger partial charge in [0.25, 0.3) is 5.91 Å². The second-order valence-electron chi connectivity index (χ2n) is 4.12. The second kappa shape index (κ2) is 5.98. The fourth-order valence-corrected chi connectivity index (χ4v) is 1.80. The summed E-state index contributed by atoms with van der Waals surface area (Å²) in [7, 11) is 0. The van der Waals surface area contributed by atoms with E-state index in [1.165, 1.54) is 0 Å². The molecule has 0 aliphatic rings. The van der Waals surface area contributed by atoms with E-state index in [0.717, 1.165) is 6.54 Å². The Morgan fingerprint density at radius 3 is 2.07 bits per heavy atom. The first-order valence-electron chi connectivity index (χ1n) is 5.21. The van der Waals surface area contributed by atoms with Crippen LogP contribution in [-0.2, 0) is 4.79 Å². The SMILES string of the molecule is CCN(C(C)C)C(C(=O)NN)C(C)C. The minimum atomic E-state index is -0.134. The maximum atomic E-state index is 11.6. The van der Waals surface area contributed by atoms with E-state index in [1.807, 2.05) is 13.8 Å². The van der Waals surface area contributed by atoms with E-state index in [4.69, 9.17) is 5.84 Å². The molecule has 84 valence electrons. The number of nitrogens with one attached hydrogen (secondary N) is 1. The van der Waals surface area contributed by atoms with Gasteiger partial charge < -0.3 is 0 Å². The molecule has 0 saturated heterocycles. The predicted molar refractivity (Wildman–Crippen MR) is 58.5 cm³/mol. The Labute approximate surface area is 86.8 Å². The van der Waals surface area contributed by atoms with Gasteiger partial charge in [0.15, 0.2) is 0 Å². The molecule has 4 heteroatoms. The van der Waals surface area contributed by atoms with Crippen LogP contribution in [0.1, 0.15) is 34.6 Å². The quantitative estimate of drug-likeness (QED) is 0.392. The van der Waals surface area contributed by atoms with Crippen molar-refractivity contribution in [3.8, 4) is 0 Å². The van der Waals surface area contributed by atoms with Crippen molar-refractivity contribution in [2.45, 2.75) is 46.7 Å². The Balaban J connectivity index is 4.69. The number of rotatable bonds is 5. The lowest BCUT2D eigenvalue weighted by Crippen LogP contribution is -2.53. The molecule has 14 heavy (non-hydrogen) atoms. The summed E-state index contributed by atoms with van der Waals surface area (Å²) in [5.41, 5.74) is 2.24. The van der Waals surface area contributed by atoms with E-state index >= 15 is 0 Å². The zero-order valence-corrected chi connectivity index (χ0v) is 9.87. The molecule has 0 rings (SSSR count). The average Bonchev–Trinajstić information content (AvgIpc) is 2.11. The zero-order valence-electron chi connectivity index (χ0n) is 9.87. The van der Waals surface area contributed by atoms with Gasteiger partial charge in [-0.05, 0) is 26.3 Å². The van der Waals surface area contributed by atoms with E-state index < -0.39 is 0 Å². The summed E-state index contributed by atoms with van der Waals surface area (Å²) in [4.78, 5) is 13.7. The zero-order chi connectivity index (χ0) is 11.3. The first-order chi connectivity index (χ1) is 6.45. The molecule has 0 aromatic heterocycles. The van der Waals surface area contributed by atoms with Crippen LogP contribution in [0, 0.1) is 5.92 Å². The third-order valence-corrected chi connectivity index (χ3v) is 2.43. The second-order valence-corrected chi connectivity index (χ2v) is 4.12. The van der Waals surface area contributed by atoms with Crippen molar-refractivity contribution < 1.29 is 4.79 Å². The van der Waals surface area contributed by atoms with Crippen molar-refractivity contribution in [3.05, 3.63) is 0 Å². The molecule has 0 aromatic carbocycles. The third kappa shape index (κ3) is 3.27. The Morgan fingerprint density at radius 1 is 1.36 bits per heavy atom. The highest BCUT2D eigenvalue weighted by Crippen LogP contribution is 2.13. The van der Waals surface area contributed by atoms with E-state index in [0.29, 0.717) is 6.04 Å². The summed E-state index contributed by atoms with van der Waals surface area (Å²) < 4.78 is 0. The van der Waals surface area contributed by atoms with Crippen LogP contribution in [0.25, 0.3) is 0 Å². The van der Waals surface area contributed by atoms with Crippen LogP contribution in [-0.4, -0.2) is 29.4 Å². The minimum Gasteiger partial charge on any atom is -0.293 e. The molecule has 0 saturated carbocycles. The molecule has 0 fully saturated rings. The lowest BCUT2D eigenvalue weighted by atomic mass is 10.0. The minimum absolute atomic E-state index is 0.101. The largest absolute Gasteiger partial charge is 0.293 e. The summed E-state index contributed by atoms with van der Waals surface area (Å²) in [6.07, 6.45) is 0. The van der Waals surface area contributed by atoms with Gasteiger partial charge in [-0.15, -0.1) is 0 Å². The van der Waals surface area contributed by atoms with E-state index in [-0.39, 0.29) is 17.9 Å². The number of nitrogens with two attached hydrogens (primary N) is 1. The van der Waals surface area contributed by atoms with Crippen LogP contribution >= 0.6 is 0 Å². The van der Waals surface area contributed by atoms with Crippen molar-refractivity contribution in [1.82, 2.24) is 10.3 Å². The lowest BCUT2D eigenvalue weighted by molar-refractivity contribution is -0.128. The standard InChI is InChI=1S/C10H23N3O/c1-6-13(8(4)5)9(7(2)3)10(14)12-11/h7-9H,6,11H2,1-5H3,(H,12,14). The van der Waals surface area contributed by atoms with Crippen molar-refractivity contribution in [2.75, 3.05) is 6.54 Å². The summed E-state index contributed by atoms with van der Waals surface area (Å²) in [6, 6.07) is 0.217. The summed E-state index contributed by atoms with van der Waals surface area (Å²) in [6.45, 7) is 11.1.